The zero-order chi connectivity index (χ0) is 36.4. The minimum atomic E-state index is -0.191. The number of benzene rings is 8. The second kappa shape index (κ2) is 12.4. The first-order valence-corrected chi connectivity index (χ1v) is 18.5. The zero-order valence-electron chi connectivity index (χ0n) is 30.1. The second-order valence-electron chi connectivity index (χ2n) is 14.7. The molecule has 1 aliphatic rings. The molecule has 3 heteroatoms. The third kappa shape index (κ3) is 4.97. The number of nitrogens with one attached hydrogen (secondary N) is 1. The summed E-state index contributed by atoms with van der Waals surface area (Å²) in [5.74, 6) is 0. The highest BCUT2D eigenvalue weighted by molar-refractivity contribution is 6.15. The van der Waals surface area contributed by atoms with Crippen LogP contribution in [-0.4, -0.2) is 11.9 Å². The van der Waals surface area contributed by atoms with Crippen LogP contribution in [0.15, 0.2) is 179 Å². The van der Waals surface area contributed by atoms with Crippen LogP contribution in [0.1, 0.15) is 41.7 Å². The Bertz CT molecular complexity index is 3030. The lowest BCUT2D eigenvalue weighted by Crippen LogP contribution is -2.17. The maximum Gasteiger partial charge on any atom is 0.144 e. The van der Waals surface area contributed by atoms with Gasteiger partial charge in [0.1, 0.15) is 11.2 Å². The summed E-state index contributed by atoms with van der Waals surface area (Å²) in [6.07, 6.45) is 3.79. The van der Waals surface area contributed by atoms with Gasteiger partial charge in [-0.15, -0.1) is 0 Å². The van der Waals surface area contributed by atoms with Crippen LogP contribution in [-0.2, 0) is 5.41 Å². The molecule has 1 N–H and O–H groups in total. The first kappa shape index (κ1) is 31.9. The van der Waals surface area contributed by atoms with E-state index in [1.54, 1.807) is 0 Å². The Hall–Kier alpha value is -6.84. The van der Waals surface area contributed by atoms with Gasteiger partial charge < -0.3 is 9.83 Å². The van der Waals surface area contributed by atoms with Gasteiger partial charge in [-0.05, 0) is 78.7 Å². The van der Waals surface area contributed by atoms with E-state index in [4.69, 9.17) is 14.8 Å². The van der Waals surface area contributed by atoms with Gasteiger partial charge in [0.15, 0.2) is 0 Å². The molecule has 54 heavy (non-hydrogen) atoms. The molecule has 0 saturated carbocycles. The van der Waals surface area contributed by atoms with Crippen LogP contribution >= 0.6 is 0 Å². The Morgan fingerprint density at radius 1 is 0.537 bits per heavy atom. The number of fused-ring (bicyclic) bond motifs is 9. The Morgan fingerprint density at radius 2 is 1.17 bits per heavy atom. The molecule has 3 nitrogen and oxygen atoms in total. The molecular weight excluding hydrogens is 657 g/mol. The Morgan fingerprint density at radius 3 is 2.00 bits per heavy atom. The summed E-state index contributed by atoms with van der Waals surface area (Å²) in [5, 5.41) is 16.0. The van der Waals surface area contributed by atoms with Gasteiger partial charge in [0.05, 0.1) is 11.4 Å². The number of hydrogen-bond acceptors (Lipinski definition) is 3. The molecule has 0 atom stereocenters. The van der Waals surface area contributed by atoms with Gasteiger partial charge in [-0.2, -0.15) is 0 Å². The molecular formula is C51H36N2O. The van der Waals surface area contributed by atoms with Crippen LogP contribution < -0.4 is 0 Å². The van der Waals surface area contributed by atoms with Crippen LogP contribution in [0.3, 0.4) is 0 Å². The van der Waals surface area contributed by atoms with Crippen LogP contribution in [0, 0.1) is 5.41 Å². The smallest absolute Gasteiger partial charge is 0.144 e. The summed E-state index contributed by atoms with van der Waals surface area (Å²) >= 11 is 0. The SMILES string of the molecule is CC1(C)c2c(cccc2-c2ccc(C=N/C(=C\C(=N)c3ccccc3)c3cccc4c3oc3ccccc34)c3ccccc23)-c2ccc3ccccc3c21. The Balaban J connectivity index is 1.12. The molecule has 1 heterocycles. The molecule has 8 aromatic carbocycles. The van der Waals surface area contributed by atoms with Gasteiger partial charge in [0.2, 0.25) is 0 Å². The van der Waals surface area contributed by atoms with Crippen molar-refractivity contribution >= 4 is 61.1 Å². The van der Waals surface area contributed by atoms with Crippen LogP contribution in [0.5, 0.6) is 0 Å². The summed E-state index contributed by atoms with van der Waals surface area (Å²) in [6, 6.07) is 57.2. The Kier molecular flexibility index (Phi) is 7.31. The van der Waals surface area contributed by atoms with Crippen molar-refractivity contribution in [1.82, 2.24) is 0 Å². The van der Waals surface area contributed by atoms with Crippen molar-refractivity contribution < 1.29 is 4.42 Å². The maximum atomic E-state index is 9.07. The van der Waals surface area contributed by atoms with Crippen LogP contribution in [0.2, 0.25) is 0 Å². The monoisotopic (exact) mass is 692 g/mol. The lowest BCUT2D eigenvalue weighted by Gasteiger charge is -2.26. The number of hydrogen-bond donors (Lipinski definition) is 1. The fourth-order valence-corrected chi connectivity index (χ4v) is 8.75. The molecule has 256 valence electrons. The molecule has 0 radical (unpaired) electrons. The normalized spacial score (nSPS) is 13.6. The highest BCUT2D eigenvalue weighted by Crippen LogP contribution is 2.54. The lowest BCUT2D eigenvalue weighted by molar-refractivity contribution is 0.667. The van der Waals surface area contributed by atoms with E-state index in [2.05, 4.69) is 117 Å². The topological polar surface area (TPSA) is 49.4 Å². The van der Waals surface area contributed by atoms with Crippen molar-refractivity contribution in [1.29, 1.82) is 5.41 Å². The molecule has 0 saturated heterocycles. The van der Waals surface area contributed by atoms with E-state index in [0.717, 1.165) is 44.0 Å². The van der Waals surface area contributed by atoms with Crippen molar-refractivity contribution in [2.24, 2.45) is 4.99 Å². The summed E-state index contributed by atoms with van der Waals surface area (Å²) in [6.45, 7) is 4.75. The minimum absolute atomic E-state index is 0.191. The van der Waals surface area contributed by atoms with E-state index in [9.17, 15) is 0 Å². The number of allylic oxidation sites excluding steroid dienone is 1. The molecule has 0 spiro atoms. The molecule has 0 aliphatic heterocycles. The van der Waals surface area contributed by atoms with E-state index < -0.39 is 0 Å². The number of para-hydroxylation sites is 2. The first-order valence-electron chi connectivity index (χ1n) is 18.5. The molecule has 0 bridgehead atoms. The number of nitrogens with zero attached hydrogens (tertiary/aromatic N) is 1. The molecule has 0 amide bonds. The largest absolute Gasteiger partial charge is 0.455 e. The fourth-order valence-electron chi connectivity index (χ4n) is 8.75. The highest BCUT2D eigenvalue weighted by atomic mass is 16.3. The van der Waals surface area contributed by atoms with Crippen molar-refractivity contribution in [3.63, 3.8) is 0 Å². The standard InChI is InChI=1S/C51H36N2O/c1-51(2)48-36-18-7-6-14-32(36)26-29-42(48)41-22-12-21-40(49(41)51)38-28-27-34(35-17-8-9-19-37(35)38)31-53-46(30-45(52)33-15-4-3-5-16-33)44-24-13-23-43-39-20-10-11-25-47(39)54-50(43)44/h3-31,52H,1-2H3/b46-30-,52-45?,53-31?. The molecule has 9 aromatic rings. The molecule has 10 rings (SSSR count). The van der Waals surface area contributed by atoms with Crippen molar-refractivity contribution in [2.45, 2.75) is 19.3 Å². The van der Waals surface area contributed by atoms with Gasteiger partial charge >= 0.3 is 0 Å². The molecule has 0 fully saturated rings. The van der Waals surface area contributed by atoms with Gasteiger partial charge in [-0.3, -0.25) is 4.99 Å². The quantitative estimate of drug-likeness (QED) is 0.173. The first-order chi connectivity index (χ1) is 26.5. The Labute approximate surface area is 314 Å². The van der Waals surface area contributed by atoms with E-state index in [1.165, 1.54) is 49.5 Å². The third-order valence-electron chi connectivity index (χ3n) is 11.2. The number of aliphatic imine (C=N–C) groups is 1. The highest BCUT2D eigenvalue weighted by Gasteiger charge is 2.39. The summed E-state index contributed by atoms with van der Waals surface area (Å²) in [4.78, 5) is 5.17. The third-order valence-corrected chi connectivity index (χ3v) is 11.2. The van der Waals surface area contributed by atoms with Gasteiger partial charge in [-0.1, -0.05) is 166 Å². The van der Waals surface area contributed by atoms with Crippen LogP contribution in [0.25, 0.3) is 71.4 Å². The average molecular weight is 693 g/mol. The van der Waals surface area contributed by atoms with E-state index in [0.29, 0.717) is 11.4 Å². The molecule has 1 aliphatic carbocycles. The van der Waals surface area contributed by atoms with E-state index >= 15 is 0 Å². The minimum Gasteiger partial charge on any atom is -0.455 e. The predicted molar refractivity (Wildman–Crippen MR) is 227 cm³/mol. The average Bonchev–Trinajstić information content (AvgIpc) is 3.72. The summed E-state index contributed by atoms with van der Waals surface area (Å²) < 4.78 is 6.45. The van der Waals surface area contributed by atoms with Gasteiger partial charge in [0, 0.05) is 33.5 Å². The molecule has 0 unspecified atom stereocenters. The second-order valence-corrected chi connectivity index (χ2v) is 14.7. The van der Waals surface area contributed by atoms with E-state index in [-0.39, 0.29) is 5.41 Å². The zero-order valence-corrected chi connectivity index (χ0v) is 30.1. The van der Waals surface area contributed by atoms with Crippen molar-refractivity contribution in [3.8, 4) is 22.3 Å². The summed E-state index contributed by atoms with van der Waals surface area (Å²) in [7, 11) is 0. The lowest BCUT2D eigenvalue weighted by atomic mass is 9.77. The van der Waals surface area contributed by atoms with Crippen molar-refractivity contribution in [2.75, 3.05) is 0 Å². The molecule has 1 aromatic heterocycles. The maximum absolute atomic E-state index is 9.07. The van der Waals surface area contributed by atoms with Crippen LogP contribution in [0.4, 0.5) is 0 Å². The summed E-state index contributed by atoms with van der Waals surface area (Å²) in [5.41, 5.74) is 13.0. The predicted octanol–water partition coefficient (Wildman–Crippen LogP) is 13.4. The van der Waals surface area contributed by atoms with E-state index in [1.807, 2.05) is 73.0 Å². The number of furan rings is 1. The van der Waals surface area contributed by atoms with Gasteiger partial charge in [-0.25, -0.2) is 0 Å². The number of rotatable bonds is 6. The van der Waals surface area contributed by atoms with Crippen molar-refractivity contribution in [3.05, 3.63) is 198 Å². The fraction of sp³-hybridized carbons (Fsp3) is 0.0588. The van der Waals surface area contributed by atoms with Gasteiger partial charge in [0.25, 0.3) is 0 Å².